The molecule has 1 N–H and O–H groups in total. The van der Waals surface area contributed by atoms with Crippen molar-refractivity contribution < 1.29 is 0 Å². The number of fused-ring (bicyclic) bond motifs is 2. The van der Waals surface area contributed by atoms with Crippen LogP contribution in [0.4, 0.5) is 11.6 Å². The van der Waals surface area contributed by atoms with Gasteiger partial charge in [-0.15, -0.1) is 5.10 Å². The molecule has 2 atom stereocenters. The molecule has 5 rings (SSSR count). The smallest absolute Gasteiger partial charge is 0.256 e. The van der Waals surface area contributed by atoms with Gasteiger partial charge >= 0.3 is 0 Å². The Balaban J connectivity index is 1.53. The van der Waals surface area contributed by atoms with E-state index in [0.717, 1.165) is 37.6 Å². The predicted molar refractivity (Wildman–Crippen MR) is 118 cm³/mol. The van der Waals surface area contributed by atoms with Gasteiger partial charge in [-0.1, -0.05) is 13.8 Å². The molecule has 2 saturated heterocycles. The first-order valence-corrected chi connectivity index (χ1v) is 10.5. The first-order chi connectivity index (χ1) is 14.6. The van der Waals surface area contributed by atoms with E-state index in [9.17, 15) is 0 Å². The molecule has 5 heterocycles. The minimum atomic E-state index is 0.363. The molecular formula is C21H27N9. The summed E-state index contributed by atoms with van der Waals surface area (Å²) in [6.07, 6.45) is 5.37. The third kappa shape index (κ3) is 3.60. The average Bonchev–Trinajstić information content (AvgIpc) is 3.40. The van der Waals surface area contributed by atoms with Gasteiger partial charge in [-0.2, -0.15) is 19.6 Å². The molecule has 2 aliphatic heterocycles. The Bertz CT molecular complexity index is 1050. The third-order valence-corrected chi connectivity index (χ3v) is 5.78. The average molecular weight is 406 g/mol. The number of aromatic nitrogens is 5. The van der Waals surface area contributed by atoms with Crippen LogP contribution in [-0.4, -0.2) is 68.9 Å². The second-order valence-corrected chi connectivity index (χ2v) is 8.66. The number of pyridine rings is 1. The Morgan fingerprint density at radius 1 is 1.10 bits per heavy atom. The van der Waals surface area contributed by atoms with E-state index in [-0.39, 0.29) is 0 Å². The summed E-state index contributed by atoms with van der Waals surface area (Å²) < 4.78 is 1.86. The molecular weight excluding hydrogens is 378 g/mol. The molecule has 0 saturated carbocycles. The third-order valence-electron chi connectivity index (χ3n) is 5.78. The standard InChI is InChI=1S/C21H27N9/c1-14(2)9-23-26-18-8-19(29-12-16-10-28(3)11-17(16)13-29)30-21(24-18)25-20(27-30)15-4-6-22-7-5-15/h4-9,14,16-17H,10-13H2,1-3H3,(H,24,25,26,27)/b23-9+. The maximum absolute atomic E-state index is 4.78. The number of rotatable bonds is 5. The Morgan fingerprint density at radius 3 is 2.53 bits per heavy atom. The first kappa shape index (κ1) is 18.9. The zero-order valence-corrected chi connectivity index (χ0v) is 17.6. The topological polar surface area (TPSA) is 86.8 Å². The molecule has 9 heteroatoms. The molecule has 0 spiro atoms. The molecule has 0 bridgehead atoms. The number of hydrogen-bond acceptors (Lipinski definition) is 8. The second-order valence-electron chi connectivity index (χ2n) is 8.66. The number of hydrogen-bond donors (Lipinski definition) is 1. The minimum absolute atomic E-state index is 0.363. The molecule has 0 amide bonds. The van der Waals surface area contributed by atoms with Gasteiger partial charge in [-0.3, -0.25) is 10.4 Å². The van der Waals surface area contributed by atoms with Gasteiger partial charge in [0.1, 0.15) is 5.82 Å². The molecule has 9 nitrogen and oxygen atoms in total. The van der Waals surface area contributed by atoms with E-state index >= 15 is 0 Å². The van der Waals surface area contributed by atoms with Gasteiger partial charge in [0.2, 0.25) is 0 Å². The monoisotopic (exact) mass is 405 g/mol. The van der Waals surface area contributed by atoms with Crippen molar-refractivity contribution in [2.45, 2.75) is 13.8 Å². The molecule has 3 aromatic rings. The van der Waals surface area contributed by atoms with Gasteiger partial charge < -0.3 is 9.80 Å². The van der Waals surface area contributed by atoms with Crippen molar-refractivity contribution in [1.29, 1.82) is 0 Å². The van der Waals surface area contributed by atoms with Crippen molar-refractivity contribution in [1.82, 2.24) is 29.5 Å². The lowest BCUT2D eigenvalue weighted by molar-refractivity contribution is 0.386. The van der Waals surface area contributed by atoms with Gasteiger partial charge in [-0.25, -0.2) is 0 Å². The fraction of sp³-hybridized carbons (Fsp3) is 0.476. The van der Waals surface area contributed by atoms with Crippen LogP contribution in [0.15, 0.2) is 35.7 Å². The number of likely N-dealkylation sites (tertiary alicyclic amines) is 1. The van der Waals surface area contributed by atoms with Crippen molar-refractivity contribution >= 4 is 23.6 Å². The maximum atomic E-state index is 4.78. The zero-order valence-electron chi connectivity index (χ0n) is 17.6. The fourth-order valence-corrected chi connectivity index (χ4v) is 4.43. The molecule has 0 aromatic carbocycles. The largest absolute Gasteiger partial charge is 0.356 e. The fourth-order valence-electron chi connectivity index (χ4n) is 4.43. The summed E-state index contributed by atoms with van der Waals surface area (Å²) in [5.41, 5.74) is 4.00. The van der Waals surface area contributed by atoms with E-state index in [2.05, 4.69) is 56.2 Å². The summed E-state index contributed by atoms with van der Waals surface area (Å²) in [7, 11) is 2.21. The number of nitrogens with one attached hydrogen (secondary N) is 1. The summed E-state index contributed by atoms with van der Waals surface area (Å²) in [6, 6.07) is 5.85. The van der Waals surface area contributed by atoms with E-state index in [1.807, 2.05) is 28.9 Å². The molecule has 2 aliphatic rings. The number of nitrogens with zero attached hydrogens (tertiary/aromatic N) is 8. The lowest BCUT2D eigenvalue weighted by Crippen LogP contribution is -2.28. The Labute approximate surface area is 175 Å². The van der Waals surface area contributed by atoms with Gasteiger partial charge in [0.15, 0.2) is 11.6 Å². The lowest BCUT2D eigenvalue weighted by atomic mass is 10.0. The van der Waals surface area contributed by atoms with Crippen LogP contribution in [0.3, 0.4) is 0 Å². The second kappa shape index (κ2) is 7.64. The maximum Gasteiger partial charge on any atom is 0.256 e. The quantitative estimate of drug-likeness (QED) is 0.514. The summed E-state index contributed by atoms with van der Waals surface area (Å²) in [5, 5.41) is 9.10. The van der Waals surface area contributed by atoms with Crippen LogP contribution in [0.25, 0.3) is 17.2 Å². The van der Waals surface area contributed by atoms with Gasteiger partial charge in [-0.05, 0) is 36.9 Å². The Kier molecular flexibility index (Phi) is 4.82. The van der Waals surface area contributed by atoms with E-state index in [1.165, 1.54) is 0 Å². The minimum Gasteiger partial charge on any atom is -0.356 e. The van der Waals surface area contributed by atoms with Crippen LogP contribution in [-0.2, 0) is 0 Å². The molecule has 0 aliphatic carbocycles. The Morgan fingerprint density at radius 2 is 1.83 bits per heavy atom. The highest BCUT2D eigenvalue weighted by atomic mass is 15.4. The highest BCUT2D eigenvalue weighted by molar-refractivity contribution is 5.64. The van der Waals surface area contributed by atoms with Crippen LogP contribution in [0, 0.1) is 17.8 Å². The van der Waals surface area contributed by atoms with Crippen LogP contribution < -0.4 is 10.3 Å². The van der Waals surface area contributed by atoms with E-state index < -0.39 is 0 Å². The normalized spacial score (nSPS) is 21.9. The molecule has 3 aromatic heterocycles. The SMILES string of the molecule is CC(C)/C=N/Nc1cc(N2CC3CN(C)CC3C2)n2nc(-c3ccncc3)nc2n1. The van der Waals surface area contributed by atoms with Gasteiger partial charge in [0, 0.05) is 56.4 Å². The van der Waals surface area contributed by atoms with Crippen LogP contribution in [0.5, 0.6) is 0 Å². The molecule has 30 heavy (non-hydrogen) atoms. The predicted octanol–water partition coefficient (Wildman–Crippen LogP) is 2.24. The van der Waals surface area contributed by atoms with Crippen LogP contribution in [0.2, 0.25) is 0 Å². The molecule has 0 radical (unpaired) electrons. The zero-order chi connectivity index (χ0) is 20.7. The number of anilines is 2. The van der Waals surface area contributed by atoms with Crippen molar-refractivity contribution in [2.24, 2.45) is 22.9 Å². The Hall–Kier alpha value is -3.07. The molecule has 156 valence electrons. The summed E-state index contributed by atoms with van der Waals surface area (Å²) in [6.45, 7) is 8.53. The molecule has 2 unspecified atom stereocenters. The summed E-state index contributed by atoms with van der Waals surface area (Å²) in [5.74, 6) is 4.64. The lowest BCUT2D eigenvalue weighted by Gasteiger charge is -2.22. The first-order valence-electron chi connectivity index (χ1n) is 10.5. The van der Waals surface area contributed by atoms with Gasteiger partial charge in [0.25, 0.3) is 5.78 Å². The highest BCUT2D eigenvalue weighted by Crippen LogP contribution is 2.34. The van der Waals surface area contributed by atoms with Crippen molar-refractivity contribution in [3.8, 4) is 11.4 Å². The summed E-state index contributed by atoms with van der Waals surface area (Å²) in [4.78, 5) is 18.3. The van der Waals surface area contributed by atoms with Crippen LogP contribution >= 0.6 is 0 Å². The summed E-state index contributed by atoms with van der Waals surface area (Å²) >= 11 is 0. The highest BCUT2D eigenvalue weighted by Gasteiger charge is 2.39. The number of hydrazone groups is 1. The van der Waals surface area contributed by atoms with E-state index in [1.54, 1.807) is 12.4 Å². The van der Waals surface area contributed by atoms with Crippen molar-refractivity contribution in [3.05, 3.63) is 30.6 Å². The van der Waals surface area contributed by atoms with Crippen molar-refractivity contribution in [3.63, 3.8) is 0 Å². The van der Waals surface area contributed by atoms with E-state index in [0.29, 0.717) is 35.2 Å². The van der Waals surface area contributed by atoms with Crippen LogP contribution in [0.1, 0.15) is 13.8 Å². The van der Waals surface area contributed by atoms with Gasteiger partial charge in [0.05, 0.1) is 0 Å². The van der Waals surface area contributed by atoms with Crippen molar-refractivity contribution in [2.75, 3.05) is 43.6 Å². The van der Waals surface area contributed by atoms with E-state index in [4.69, 9.17) is 5.10 Å². The molecule has 2 fully saturated rings.